The number of aryl methyl sites for hydroxylation is 2. The molecule has 0 aliphatic rings. The summed E-state index contributed by atoms with van der Waals surface area (Å²) in [5.74, 6) is 0.659. The van der Waals surface area contributed by atoms with Crippen LogP contribution in [-0.4, -0.2) is 24.9 Å². The van der Waals surface area contributed by atoms with Crippen molar-refractivity contribution in [1.82, 2.24) is 9.38 Å². The molecule has 1 N–H and O–H groups in total. The fourth-order valence-corrected chi connectivity index (χ4v) is 4.72. The van der Waals surface area contributed by atoms with E-state index in [9.17, 15) is 8.42 Å². The third-order valence-corrected chi connectivity index (χ3v) is 6.30. The first-order valence-corrected chi connectivity index (χ1v) is 10.6. The smallest absolute Gasteiger partial charge is 0.262 e. The van der Waals surface area contributed by atoms with Crippen molar-refractivity contribution in [2.24, 2.45) is 0 Å². The number of hydrogen-bond donors (Lipinski definition) is 1. The first-order valence-electron chi connectivity index (χ1n) is 9.10. The Balaban J connectivity index is 1.76. The van der Waals surface area contributed by atoms with Gasteiger partial charge >= 0.3 is 0 Å². The Hall–Kier alpha value is -3.32. The van der Waals surface area contributed by atoms with E-state index in [1.807, 2.05) is 54.0 Å². The molecule has 0 aliphatic heterocycles. The van der Waals surface area contributed by atoms with Gasteiger partial charge in [-0.05, 0) is 55.3 Å². The van der Waals surface area contributed by atoms with Crippen molar-refractivity contribution in [3.8, 4) is 17.0 Å². The Labute approximate surface area is 169 Å². The third kappa shape index (κ3) is 3.56. The Morgan fingerprint density at radius 1 is 1.00 bits per heavy atom. The van der Waals surface area contributed by atoms with Gasteiger partial charge in [-0.2, -0.15) is 0 Å². The second-order valence-corrected chi connectivity index (χ2v) is 8.48. The minimum atomic E-state index is -3.79. The summed E-state index contributed by atoms with van der Waals surface area (Å²) in [5.41, 5.74) is 4.04. The van der Waals surface area contributed by atoms with Crippen LogP contribution < -0.4 is 9.46 Å². The number of imidazole rings is 1. The van der Waals surface area contributed by atoms with E-state index in [1.54, 1.807) is 38.3 Å². The van der Waals surface area contributed by atoms with Gasteiger partial charge in [0, 0.05) is 18.0 Å². The molecule has 0 amide bonds. The SMILES string of the molecule is COc1cc(C)c(S(=O)(=O)Nc2ccccc2-c2cn3ccccc3n2)cc1C. The minimum absolute atomic E-state index is 0.223. The van der Waals surface area contributed by atoms with Crippen LogP contribution in [0.4, 0.5) is 5.69 Å². The average Bonchev–Trinajstić information content (AvgIpc) is 3.13. The van der Waals surface area contributed by atoms with E-state index >= 15 is 0 Å². The maximum atomic E-state index is 13.2. The molecular formula is C22H21N3O3S. The molecule has 0 spiro atoms. The van der Waals surface area contributed by atoms with Crippen molar-refractivity contribution in [3.63, 3.8) is 0 Å². The Bertz CT molecular complexity index is 1280. The number of nitrogens with zero attached hydrogens (tertiary/aromatic N) is 2. The highest BCUT2D eigenvalue weighted by Gasteiger charge is 2.21. The molecule has 148 valence electrons. The summed E-state index contributed by atoms with van der Waals surface area (Å²) in [6.45, 7) is 3.58. The molecule has 0 unspecified atom stereocenters. The van der Waals surface area contributed by atoms with Crippen molar-refractivity contribution in [3.05, 3.63) is 78.1 Å². The van der Waals surface area contributed by atoms with Gasteiger partial charge in [0.25, 0.3) is 10.0 Å². The largest absolute Gasteiger partial charge is 0.496 e. The normalized spacial score (nSPS) is 11.6. The number of anilines is 1. The second kappa shape index (κ2) is 7.25. The molecule has 2 heterocycles. The number of methoxy groups -OCH3 is 1. The van der Waals surface area contributed by atoms with Gasteiger partial charge in [0.2, 0.25) is 0 Å². The zero-order valence-electron chi connectivity index (χ0n) is 16.4. The van der Waals surface area contributed by atoms with Crippen LogP contribution in [0.3, 0.4) is 0 Å². The lowest BCUT2D eigenvalue weighted by atomic mass is 10.1. The molecule has 7 heteroatoms. The number of pyridine rings is 1. The van der Waals surface area contributed by atoms with E-state index in [0.29, 0.717) is 28.3 Å². The van der Waals surface area contributed by atoms with Crippen LogP contribution in [0.15, 0.2) is 71.9 Å². The number of benzene rings is 2. The van der Waals surface area contributed by atoms with Crippen molar-refractivity contribution >= 4 is 21.4 Å². The molecule has 6 nitrogen and oxygen atoms in total. The van der Waals surface area contributed by atoms with E-state index in [0.717, 1.165) is 11.2 Å². The van der Waals surface area contributed by atoms with Gasteiger partial charge in [0.15, 0.2) is 0 Å². The molecule has 4 rings (SSSR count). The summed E-state index contributed by atoms with van der Waals surface area (Å²) < 4.78 is 36.2. The van der Waals surface area contributed by atoms with E-state index in [-0.39, 0.29) is 4.90 Å². The number of rotatable bonds is 5. The van der Waals surface area contributed by atoms with E-state index in [2.05, 4.69) is 9.71 Å². The maximum Gasteiger partial charge on any atom is 0.262 e. The third-order valence-electron chi connectivity index (χ3n) is 4.79. The molecule has 0 bridgehead atoms. The lowest BCUT2D eigenvalue weighted by Gasteiger charge is -2.15. The highest BCUT2D eigenvalue weighted by Crippen LogP contribution is 2.31. The number of sulfonamides is 1. The quantitative estimate of drug-likeness (QED) is 0.531. The molecule has 0 saturated carbocycles. The average molecular weight is 407 g/mol. The van der Waals surface area contributed by atoms with Crippen LogP contribution in [0.25, 0.3) is 16.9 Å². The lowest BCUT2D eigenvalue weighted by Crippen LogP contribution is -2.15. The van der Waals surface area contributed by atoms with Gasteiger partial charge in [-0.1, -0.05) is 24.3 Å². The van der Waals surface area contributed by atoms with Gasteiger partial charge in [0.05, 0.1) is 23.4 Å². The number of ether oxygens (including phenoxy) is 1. The Kier molecular flexibility index (Phi) is 4.76. The van der Waals surface area contributed by atoms with Gasteiger partial charge in [-0.15, -0.1) is 0 Å². The van der Waals surface area contributed by atoms with Gasteiger partial charge < -0.3 is 9.14 Å². The minimum Gasteiger partial charge on any atom is -0.496 e. The summed E-state index contributed by atoms with van der Waals surface area (Å²) >= 11 is 0. The monoisotopic (exact) mass is 407 g/mol. The molecule has 4 aromatic rings. The van der Waals surface area contributed by atoms with Gasteiger partial charge in [-0.3, -0.25) is 4.72 Å². The number of fused-ring (bicyclic) bond motifs is 1. The second-order valence-electron chi connectivity index (χ2n) is 6.83. The molecular weight excluding hydrogens is 386 g/mol. The van der Waals surface area contributed by atoms with E-state index in [4.69, 9.17) is 4.74 Å². The Morgan fingerprint density at radius 3 is 2.52 bits per heavy atom. The highest BCUT2D eigenvalue weighted by molar-refractivity contribution is 7.92. The molecule has 0 saturated heterocycles. The highest BCUT2D eigenvalue weighted by atomic mass is 32.2. The predicted molar refractivity (Wildman–Crippen MR) is 114 cm³/mol. The van der Waals surface area contributed by atoms with Crippen LogP contribution in [0.5, 0.6) is 5.75 Å². The van der Waals surface area contributed by atoms with Crippen LogP contribution in [0.2, 0.25) is 0 Å². The summed E-state index contributed by atoms with van der Waals surface area (Å²) in [5, 5.41) is 0. The van der Waals surface area contributed by atoms with E-state index < -0.39 is 10.0 Å². The number of nitrogens with one attached hydrogen (secondary N) is 1. The zero-order valence-corrected chi connectivity index (χ0v) is 17.2. The van der Waals surface area contributed by atoms with Crippen molar-refractivity contribution < 1.29 is 13.2 Å². The van der Waals surface area contributed by atoms with Crippen molar-refractivity contribution in [1.29, 1.82) is 0 Å². The first-order chi connectivity index (χ1) is 13.9. The number of para-hydroxylation sites is 1. The molecule has 0 aliphatic carbocycles. The predicted octanol–water partition coefficient (Wildman–Crippen LogP) is 4.43. The van der Waals surface area contributed by atoms with Crippen LogP contribution in [0.1, 0.15) is 11.1 Å². The summed E-state index contributed by atoms with van der Waals surface area (Å²) in [7, 11) is -2.22. The van der Waals surface area contributed by atoms with Crippen LogP contribution >= 0.6 is 0 Å². The van der Waals surface area contributed by atoms with Gasteiger partial charge in [-0.25, -0.2) is 13.4 Å². The Morgan fingerprint density at radius 2 is 1.76 bits per heavy atom. The van der Waals surface area contributed by atoms with Crippen LogP contribution in [-0.2, 0) is 10.0 Å². The first kappa shape index (κ1) is 19.0. The lowest BCUT2D eigenvalue weighted by molar-refractivity contribution is 0.411. The molecule has 2 aromatic heterocycles. The van der Waals surface area contributed by atoms with Crippen LogP contribution in [0, 0.1) is 13.8 Å². The standard InChI is InChI=1S/C22H21N3O3S/c1-15-13-21(16(2)12-20(15)28-3)29(26,27)24-18-9-5-4-8-17(18)19-14-25-11-7-6-10-22(25)23-19/h4-14,24H,1-3H3. The molecule has 0 atom stereocenters. The fourth-order valence-electron chi connectivity index (χ4n) is 3.33. The number of hydrogen-bond acceptors (Lipinski definition) is 4. The van der Waals surface area contributed by atoms with Crippen molar-refractivity contribution in [2.75, 3.05) is 11.8 Å². The summed E-state index contributed by atoms with van der Waals surface area (Å²) in [6, 6.07) is 16.3. The number of aromatic nitrogens is 2. The zero-order chi connectivity index (χ0) is 20.6. The topological polar surface area (TPSA) is 72.7 Å². The molecule has 29 heavy (non-hydrogen) atoms. The summed E-state index contributed by atoms with van der Waals surface area (Å²) in [4.78, 5) is 4.84. The molecule has 0 fully saturated rings. The molecule has 0 radical (unpaired) electrons. The molecule has 2 aromatic carbocycles. The fraction of sp³-hybridized carbons (Fsp3) is 0.136. The van der Waals surface area contributed by atoms with Gasteiger partial charge in [0.1, 0.15) is 11.4 Å². The van der Waals surface area contributed by atoms with Crippen molar-refractivity contribution in [2.45, 2.75) is 18.7 Å². The summed E-state index contributed by atoms with van der Waals surface area (Å²) in [6.07, 6.45) is 3.79. The van der Waals surface area contributed by atoms with E-state index in [1.165, 1.54) is 0 Å². The maximum absolute atomic E-state index is 13.2.